The van der Waals surface area contributed by atoms with Gasteiger partial charge in [-0.15, -0.1) is 0 Å². The molecule has 26 heavy (non-hydrogen) atoms. The number of aryl methyl sites for hydroxylation is 2. The van der Waals surface area contributed by atoms with Gasteiger partial charge < -0.3 is 0 Å². The third-order valence-electron chi connectivity index (χ3n) is 4.38. The molecule has 2 aromatic heterocycles. The number of benzene rings is 2. The van der Waals surface area contributed by atoms with Crippen molar-refractivity contribution in [2.24, 2.45) is 0 Å². The average molecular weight is 336 g/mol. The summed E-state index contributed by atoms with van der Waals surface area (Å²) in [5, 5.41) is 0. The Kier molecular flexibility index (Phi) is 4.32. The van der Waals surface area contributed by atoms with E-state index in [4.69, 9.17) is 9.97 Å². The lowest BCUT2D eigenvalue weighted by atomic mass is 10.0. The summed E-state index contributed by atoms with van der Waals surface area (Å²) in [7, 11) is 0. The highest BCUT2D eigenvalue weighted by Crippen LogP contribution is 2.28. The van der Waals surface area contributed by atoms with Gasteiger partial charge in [0, 0.05) is 11.4 Å². The van der Waals surface area contributed by atoms with E-state index in [9.17, 15) is 0 Å². The normalized spacial score (nSPS) is 10.7. The van der Waals surface area contributed by atoms with Crippen LogP contribution in [0.4, 0.5) is 0 Å². The second-order valence-corrected chi connectivity index (χ2v) is 6.50. The molecule has 0 aliphatic rings. The second-order valence-electron chi connectivity index (χ2n) is 6.50. The van der Waals surface area contributed by atoms with Gasteiger partial charge in [0.15, 0.2) is 0 Å². The minimum Gasteiger partial charge on any atom is -0.251 e. The van der Waals surface area contributed by atoms with Crippen LogP contribution in [0, 0.1) is 13.8 Å². The van der Waals surface area contributed by atoms with Crippen LogP contribution in [-0.4, -0.2) is 9.97 Å². The molecule has 126 valence electrons. The maximum absolute atomic E-state index is 4.74. The summed E-state index contributed by atoms with van der Waals surface area (Å²) in [5.74, 6) is 0. The van der Waals surface area contributed by atoms with Crippen molar-refractivity contribution in [3.05, 3.63) is 96.3 Å². The molecule has 2 heterocycles. The van der Waals surface area contributed by atoms with E-state index >= 15 is 0 Å². The molecule has 0 amide bonds. The van der Waals surface area contributed by atoms with Crippen molar-refractivity contribution in [2.75, 3.05) is 0 Å². The molecule has 4 aromatic rings. The van der Waals surface area contributed by atoms with Crippen molar-refractivity contribution in [1.29, 1.82) is 0 Å². The van der Waals surface area contributed by atoms with Crippen LogP contribution in [0.2, 0.25) is 0 Å². The molecule has 0 aliphatic carbocycles. The number of rotatable bonds is 3. The molecular formula is C24H20N2. The van der Waals surface area contributed by atoms with Gasteiger partial charge in [0.25, 0.3) is 0 Å². The van der Waals surface area contributed by atoms with Crippen LogP contribution in [-0.2, 0) is 0 Å². The number of hydrogen-bond donors (Lipinski definition) is 0. The fraction of sp³-hybridized carbons (Fsp3) is 0.0833. The molecule has 0 aliphatic heterocycles. The van der Waals surface area contributed by atoms with E-state index in [1.807, 2.05) is 26.0 Å². The van der Waals surface area contributed by atoms with Crippen LogP contribution in [0.5, 0.6) is 0 Å². The Morgan fingerprint density at radius 3 is 1.23 bits per heavy atom. The molecule has 2 aromatic carbocycles. The Morgan fingerprint density at radius 1 is 0.462 bits per heavy atom. The topological polar surface area (TPSA) is 25.8 Å². The zero-order chi connectivity index (χ0) is 17.9. The van der Waals surface area contributed by atoms with Gasteiger partial charge in [0.05, 0.1) is 11.4 Å². The Labute approximate surface area is 154 Å². The molecule has 0 saturated heterocycles. The largest absolute Gasteiger partial charge is 0.251 e. The van der Waals surface area contributed by atoms with Crippen molar-refractivity contribution in [2.45, 2.75) is 13.8 Å². The molecule has 0 radical (unpaired) electrons. The first-order chi connectivity index (χ1) is 12.7. The van der Waals surface area contributed by atoms with Crippen molar-refractivity contribution in [3.8, 4) is 33.6 Å². The molecule has 0 N–H and O–H groups in total. The summed E-state index contributed by atoms with van der Waals surface area (Å²) in [5.41, 5.74) is 8.51. The highest BCUT2D eigenvalue weighted by atomic mass is 14.8. The Bertz CT molecular complexity index is 951. The molecular weight excluding hydrogens is 316 g/mol. The molecule has 2 heteroatoms. The first kappa shape index (κ1) is 16.2. The molecule has 0 fully saturated rings. The quantitative estimate of drug-likeness (QED) is 0.452. The summed E-state index contributed by atoms with van der Waals surface area (Å²) < 4.78 is 0. The number of nitrogens with zero attached hydrogens (tertiary/aromatic N) is 2. The van der Waals surface area contributed by atoms with Crippen LogP contribution in [0.3, 0.4) is 0 Å². The van der Waals surface area contributed by atoms with Gasteiger partial charge in [-0.05, 0) is 60.4 Å². The van der Waals surface area contributed by atoms with E-state index in [1.54, 1.807) is 0 Å². The van der Waals surface area contributed by atoms with Crippen LogP contribution >= 0.6 is 0 Å². The summed E-state index contributed by atoms with van der Waals surface area (Å²) in [4.78, 5) is 9.49. The van der Waals surface area contributed by atoms with Crippen molar-refractivity contribution in [3.63, 3.8) is 0 Å². The van der Waals surface area contributed by atoms with E-state index in [1.165, 1.54) is 11.1 Å². The van der Waals surface area contributed by atoms with E-state index in [-0.39, 0.29) is 0 Å². The lowest BCUT2D eigenvalue weighted by molar-refractivity contribution is 1.15. The SMILES string of the molecule is Cc1cc(-c2ccccc2)cc(-c2cc(-c3ccccc3)cc(C)n2)n1. The van der Waals surface area contributed by atoms with Crippen LogP contribution < -0.4 is 0 Å². The zero-order valence-electron chi connectivity index (χ0n) is 15.0. The number of pyridine rings is 2. The Morgan fingerprint density at radius 2 is 0.846 bits per heavy atom. The maximum Gasteiger partial charge on any atom is 0.0895 e. The van der Waals surface area contributed by atoms with Crippen LogP contribution in [0.15, 0.2) is 84.9 Å². The van der Waals surface area contributed by atoms with Gasteiger partial charge in [-0.3, -0.25) is 9.97 Å². The fourth-order valence-electron chi connectivity index (χ4n) is 3.19. The Balaban J connectivity index is 1.83. The van der Waals surface area contributed by atoms with Gasteiger partial charge in [-0.25, -0.2) is 0 Å². The van der Waals surface area contributed by atoms with Crippen LogP contribution in [0.25, 0.3) is 33.6 Å². The number of aromatic nitrogens is 2. The molecule has 0 unspecified atom stereocenters. The van der Waals surface area contributed by atoms with Crippen molar-refractivity contribution < 1.29 is 0 Å². The monoisotopic (exact) mass is 336 g/mol. The van der Waals surface area contributed by atoms with Gasteiger partial charge in [0.2, 0.25) is 0 Å². The standard InChI is InChI=1S/C24H20N2/c1-17-13-21(19-9-5-3-6-10-19)15-23(25-17)24-16-22(14-18(2)26-24)20-11-7-4-8-12-20/h3-16H,1-2H3. The van der Waals surface area contributed by atoms with Crippen molar-refractivity contribution in [1.82, 2.24) is 9.97 Å². The van der Waals surface area contributed by atoms with E-state index in [0.29, 0.717) is 0 Å². The smallest absolute Gasteiger partial charge is 0.0895 e. The average Bonchev–Trinajstić information content (AvgIpc) is 2.68. The van der Waals surface area contributed by atoms with E-state index in [0.717, 1.165) is 33.9 Å². The molecule has 0 bridgehead atoms. The molecule has 0 spiro atoms. The number of hydrogen-bond acceptors (Lipinski definition) is 2. The summed E-state index contributed by atoms with van der Waals surface area (Å²) in [6, 6.07) is 29.3. The lowest BCUT2D eigenvalue weighted by Gasteiger charge is -2.10. The van der Waals surface area contributed by atoms with Gasteiger partial charge in [-0.1, -0.05) is 60.7 Å². The van der Waals surface area contributed by atoms with Gasteiger partial charge in [0.1, 0.15) is 0 Å². The van der Waals surface area contributed by atoms with Crippen molar-refractivity contribution >= 4 is 0 Å². The lowest BCUT2D eigenvalue weighted by Crippen LogP contribution is -1.94. The summed E-state index contributed by atoms with van der Waals surface area (Å²) >= 11 is 0. The van der Waals surface area contributed by atoms with Gasteiger partial charge >= 0.3 is 0 Å². The first-order valence-corrected chi connectivity index (χ1v) is 8.78. The molecule has 0 saturated carbocycles. The molecule has 4 rings (SSSR count). The van der Waals surface area contributed by atoms with Gasteiger partial charge in [-0.2, -0.15) is 0 Å². The Hall–Kier alpha value is -3.26. The molecule has 0 atom stereocenters. The second kappa shape index (κ2) is 6.93. The minimum absolute atomic E-state index is 0.907. The van der Waals surface area contributed by atoms with E-state index < -0.39 is 0 Å². The zero-order valence-corrected chi connectivity index (χ0v) is 15.0. The minimum atomic E-state index is 0.907. The molecule has 2 nitrogen and oxygen atoms in total. The van der Waals surface area contributed by atoms with Crippen LogP contribution in [0.1, 0.15) is 11.4 Å². The predicted molar refractivity (Wildman–Crippen MR) is 108 cm³/mol. The summed E-state index contributed by atoms with van der Waals surface area (Å²) in [6.07, 6.45) is 0. The third-order valence-corrected chi connectivity index (χ3v) is 4.38. The fourth-order valence-corrected chi connectivity index (χ4v) is 3.19. The highest BCUT2D eigenvalue weighted by Gasteiger charge is 2.09. The maximum atomic E-state index is 4.74. The van der Waals surface area contributed by atoms with E-state index in [2.05, 4.69) is 72.8 Å². The highest BCUT2D eigenvalue weighted by molar-refractivity contribution is 5.73. The first-order valence-electron chi connectivity index (χ1n) is 8.78. The summed E-state index contributed by atoms with van der Waals surface area (Å²) in [6.45, 7) is 4.06. The third kappa shape index (κ3) is 3.40. The predicted octanol–water partition coefficient (Wildman–Crippen LogP) is 6.09.